The lowest BCUT2D eigenvalue weighted by atomic mass is 9.82. The van der Waals surface area contributed by atoms with E-state index < -0.39 is 0 Å². The van der Waals surface area contributed by atoms with Crippen molar-refractivity contribution in [2.75, 3.05) is 6.61 Å². The van der Waals surface area contributed by atoms with Crippen LogP contribution in [-0.2, 0) is 15.7 Å². The summed E-state index contributed by atoms with van der Waals surface area (Å²) in [6.07, 6.45) is 5.80. The van der Waals surface area contributed by atoms with Gasteiger partial charge in [-0.3, -0.25) is 0 Å². The second kappa shape index (κ2) is 5.28. The van der Waals surface area contributed by atoms with Crippen molar-refractivity contribution in [1.29, 1.82) is 0 Å². The second-order valence-corrected chi connectivity index (χ2v) is 6.06. The Morgan fingerprint density at radius 2 is 1.84 bits per heavy atom. The standard InChI is InChI=1S/C16H21NO2/c1-15(2,11-18)13-5-7-14(8-6-13)16(17-12-19)9-3-4-10-16/h5-8,18H,3-4,9-11H2,1-2H3. The van der Waals surface area contributed by atoms with Crippen molar-refractivity contribution in [3.63, 3.8) is 0 Å². The number of aliphatic hydroxyl groups is 1. The summed E-state index contributed by atoms with van der Waals surface area (Å²) in [5.74, 6) is 0. The van der Waals surface area contributed by atoms with Gasteiger partial charge in [0.25, 0.3) is 0 Å². The summed E-state index contributed by atoms with van der Waals surface area (Å²) in [5.41, 5.74) is 1.59. The minimum absolute atomic E-state index is 0.115. The third-order valence-electron chi connectivity index (χ3n) is 4.29. The van der Waals surface area contributed by atoms with Crippen molar-refractivity contribution in [1.82, 2.24) is 0 Å². The number of carbonyl (C=O) groups excluding carboxylic acids is 1. The van der Waals surface area contributed by atoms with E-state index in [1.807, 2.05) is 38.1 Å². The number of benzene rings is 1. The number of hydrogen-bond acceptors (Lipinski definition) is 3. The van der Waals surface area contributed by atoms with E-state index in [0.717, 1.165) is 36.8 Å². The molecule has 0 aromatic heterocycles. The van der Waals surface area contributed by atoms with Gasteiger partial charge in [0.15, 0.2) is 0 Å². The summed E-state index contributed by atoms with van der Waals surface area (Å²) in [7, 11) is 0. The normalized spacial score (nSPS) is 18.1. The van der Waals surface area contributed by atoms with Crippen LogP contribution in [0.25, 0.3) is 0 Å². The van der Waals surface area contributed by atoms with Gasteiger partial charge in [-0.05, 0) is 24.0 Å². The summed E-state index contributed by atoms with van der Waals surface area (Å²) in [5, 5.41) is 9.39. The average Bonchev–Trinajstić information content (AvgIpc) is 2.89. The summed E-state index contributed by atoms with van der Waals surface area (Å²) < 4.78 is 0. The maximum atomic E-state index is 10.7. The first-order chi connectivity index (χ1) is 9.04. The van der Waals surface area contributed by atoms with Crippen molar-refractivity contribution in [3.05, 3.63) is 35.4 Å². The van der Waals surface area contributed by atoms with Crippen LogP contribution in [-0.4, -0.2) is 17.8 Å². The third-order valence-corrected chi connectivity index (χ3v) is 4.29. The van der Waals surface area contributed by atoms with E-state index in [9.17, 15) is 9.90 Å². The molecule has 0 amide bonds. The number of nitrogens with zero attached hydrogens (tertiary/aromatic N) is 1. The lowest BCUT2D eigenvalue weighted by Crippen LogP contribution is -2.23. The predicted molar refractivity (Wildman–Crippen MR) is 74.8 cm³/mol. The van der Waals surface area contributed by atoms with Crippen LogP contribution in [0.15, 0.2) is 29.3 Å². The van der Waals surface area contributed by atoms with E-state index in [-0.39, 0.29) is 17.6 Å². The van der Waals surface area contributed by atoms with Gasteiger partial charge in [0.2, 0.25) is 6.08 Å². The van der Waals surface area contributed by atoms with Crippen molar-refractivity contribution in [3.8, 4) is 0 Å². The second-order valence-electron chi connectivity index (χ2n) is 6.06. The quantitative estimate of drug-likeness (QED) is 0.667. The van der Waals surface area contributed by atoms with Gasteiger partial charge < -0.3 is 5.11 Å². The maximum Gasteiger partial charge on any atom is 0.235 e. The Hall–Kier alpha value is -1.44. The molecule has 0 bridgehead atoms. The molecule has 0 atom stereocenters. The summed E-state index contributed by atoms with van der Waals surface area (Å²) in [6.45, 7) is 4.14. The molecule has 0 radical (unpaired) electrons. The van der Waals surface area contributed by atoms with E-state index in [1.165, 1.54) is 0 Å². The van der Waals surface area contributed by atoms with Crippen LogP contribution in [0.1, 0.15) is 50.7 Å². The molecule has 102 valence electrons. The van der Waals surface area contributed by atoms with Gasteiger partial charge >= 0.3 is 0 Å². The molecule has 0 aliphatic heterocycles. The SMILES string of the molecule is CC(C)(CO)c1ccc(C2(N=C=O)CCCC2)cc1. The fraction of sp³-hybridized carbons (Fsp3) is 0.562. The van der Waals surface area contributed by atoms with Crippen LogP contribution in [0, 0.1) is 0 Å². The van der Waals surface area contributed by atoms with E-state index >= 15 is 0 Å². The molecule has 1 saturated carbocycles. The van der Waals surface area contributed by atoms with Crippen LogP contribution in [0.5, 0.6) is 0 Å². The molecule has 0 unspecified atom stereocenters. The molecule has 1 aromatic carbocycles. The zero-order valence-electron chi connectivity index (χ0n) is 11.6. The Bertz CT molecular complexity index is 478. The molecular formula is C16H21NO2. The average molecular weight is 259 g/mol. The number of aliphatic imine (C=N–C) groups is 1. The summed E-state index contributed by atoms with van der Waals surface area (Å²) in [4.78, 5) is 14.8. The van der Waals surface area contributed by atoms with Gasteiger partial charge in [0, 0.05) is 5.41 Å². The fourth-order valence-corrected chi connectivity index (χ4v) is 2.84. The largest absolute Gasteiger partial charge is 0.395 e. The molecule has 3 heteroatoms. The molecule has 1 N–H and O–H groups in total. The van der Waals surface area contributed by atoms with Crippen LogP contribution < -0.4 is 0 Å². The maximum absolute atomic E-state index is 10.7. The molecule has 19 heavy (non-hydrogen) atoms. The molecule has 1 aliphatic carbocycles. The highest BCUT2D eigenvalue weighted by molar-refractivity contribution is 5.40. The monoisotopic (exact) mass is 259 g/mol. The predicted octanol–water partition coefficient (Wildman–Crippen LogP) is 3.06. The number of isocyanates is 1. The molecule has 0 saturated heterocycles. The number of aliphatic hydroxyl groups excluding tert-OH is 1. The van der Waals surface area contributed by atoms with Crippen molar-refractivity contribution in [2.45, 2.75) is 50.5 Å². The highest BCUT2D eigenvalue weighted by atomic mass is 16.3. The molecule has 1 aromatic rings. The van der Waals surface area contributed by atoms with Gasteiger partial charge in [0.05, 0.1) is 12.1 Å². The fourth-order valence-electron chi connectivity index (χ4n) is 2.84. The van der Waals surface area contributed by atoms with Gasteiger partial charge in [-0.25, -0.2) is 4.79 Å². The first-order valence-corrected chi connectivity index (χ1v) is 6.85. The lowest BCUT2D eigenvalue weighted by molar-refractivity contribution is 0.218. The Kier molecular flexibility index (Phi) is 3.88. The van der Waals surface area contributed by atoms with E-state index in [4.69, 9.17) is 0 Å². The molecule has 0 heterocycles. The first kappa shape index (κ1) is 14.0. The van der Waals surface area contributed by atoms with Crippen molar-refractivity contribution < 1.29 is 9.90 Å². The molecule has 1 aliphatic rings. The zero-order chi connectivity index (χ0) is 13.9. The minimum atomic E-state index is -0.358. The van der Waals surface area contributed by atoms with Gasteiger partial charge in [-0.1, -0.05) is 51.0 Å². The van der Waals surface area contributed by atoms with E-state index in [2.05, 4.69) is 4.99 Å². The van der Waals surface area contributed by atoms with Crippen LogP contribution >= 0.6 is 0 Å². The number of hydrogen-bond donors (Lipinski definition) is 1. The zero-order valence-corrected chi connectivity index (χ0v) is 11.6. The molecule has 1 fully saturated rings. The van der Waals surface area contributed by atoms with Crippen LogP contribution in [0.4, 0.5) is 0 Å². The van der Waals surface area contributed by atoms with Crippen LogP contribution in [0.2, 0.25) is 0 Å². The van der Waals surface area contributed by atoms with Gasteiger partial charge in [-0.15, -0.1) is 0 Å². The lowest BCUT2D eigenvalue weighted by Gasteiger charge is -2.26. The van der Waals surface area contributed by atoms with E-state index in [0.29, 0.717) is 0 Å². The third kappa shape index (κ3) is 2.63. The summed E-state index contributed by atoms with van der Waals surface area (Å²) >= 11 is 0. The topological polar surface area (TPSA) is 49.7 Å². The van der Waals surface area contributed by atoms with E-state index in [1.54, 1.807) is 6.08 Å². The first-order valence-electron chi connectivity index (χ1n) is 6.85. The van der Waals surface area contributed by atoms with Gasteiger partial charge in [-0.2, -0.15) is 4.99 Å². The Balaban J connectivity index is 2.34. The Labute approximate surface area is 114 Å². The van der Waals surface area contributed by atoms with Crippen molar-refractivity contribution >= 4 is 6.08 Å². The van der Waals surface area contributed by atoms with Gasteiger partial charge in [0.1, 0.15) is 0 Å². The Morgan fingerprint density at radius 3 is 2.32 bits per heavy atom. The Morgan fingerprint density at radius 1 is 1.26 bits per heavy atom. The number of rotatable bonds is 4. The molecule has 3 nitrogen and oxygen atoms in total. The molecule has 0 spiro atoms. The highest BCUT2D eigenvalue weighted by Crippen LogP contribution is 2.42. The smallest absolute Gasteiger partial charge is 0.235 e. The minimum Gasteiger partial charge on any atom is -0.395 e. The van der Waals surface area contributed by atoms with Crippen LogP contribution in [0.3, 0.4) is 0 Å². The molecular weight excluding hydrogens is 238 g/mol. The van der Waals surface area contributed by atoms with Crippen molar-refractivity contribution in [2.24, 2.45) is 4.99 Å². The summed E-state index contributed by atoms with van der Waals surface area (Å²) in [6, 6.07) is 8.15. The highest BCUT2D eigenvalue weighted by Gasteiger charge is 2.35. The molecule has 2 rings (SSSR count).